The number of rotatable bonds is 28. The van der Waals surface area contributed by atoms with Crippen LogP contribution in [0.2, 0.25) is 0 Å². The van der Waals surface area contributed by atoms with Gasteiger partial charge in [0.05, 0.1) is 104 Å². The molecule has 0 amide bonds. The smallest absolute Gasteiger partial charge is 0.379 e. The molecule has 246 valence electrons. The Balaban J connectivity index is 1.23. The van der Waals surface area contributed by atoms with Crippen molar-refractivity contribution in [1.82, 2.24) is 0 Å². The summed E-state index contributed by atoms with van der Waals surface area (Å²) in [6.07, 6.45) is 0. The molecule has 2 aromatic carbocycles. The predicted octanol–water partition coefficient (Wildman–Crippen LogP) is 1.93. The Labute approximate surface area is 258 Å². The first kappa shape index (κ1) is 37.4. The minimum atomic E-state index is -3.77. The molecule has 0 spiro atoms. The molecule has 0 saturated heterocycles. The molecule has 14 heteroatoms. The van der Waals surface area contributed by atoms with Crippen LogP contribution in [0.5, 0.6) is 0 Å². The van der Waals surface area contributed by atoms with Crippen LogP contribution in [-0.4, -0.2) is 126 Å². The maximum Gasteiger partial charge on any atom is 0.379 e. The molecule has 0 N–H and O–H groups in total. The average Bonchev–Trinajstić information content (AvgIpc) is 3.05. The normalized spacial score (nSPS) is 11.5. The first-order valence-electron chi connectivity index (χ1n) is 14.3. The summed E-state index contributed by atoms with van der Waals surface area (Å²) in [7, 11) is -3.77. The second-order valence-corrected chi connectivity index (χ2v) is 10.3. The quantitative estimate of drug-likeness (QED) is 0.0438. The van der Waals surface area contributed by atoms with Crippen LogP contribution in [0.1, 0.15) is 10.4 Å². The lowest BCUT2D eigenvalue weighted by atomic mass is 10.1. The Bertz CT molecular complexity index is 1110. The van der Waals surface area contributed by atoms with E-state index in [1.807, 2.05) is 0 Å². The number of esters is 1. The first-order chi connectivity index (χ1) is 21.5. The third-order valence-corrected chi connectivity index (χ3v) is 6.74. The Morgan fingerprint density at radius 1 is 0.455 bits per heavy atom. The van der Waals surface area contributed by atoms with Crippen molar-refractivity contribution in [3.05, 3.63) is 66.2 Å². The van der Waals surface area contributed by atoms with Crippen molar-refractivity contribution in [2.75, 3.05) is 106 Å². The molecular weight excluding hydrogens is 600 g/mol. The summed E-state index contributed by atoms with van der Waals surface area (Å²) >= 11 is 0. The van der Waals surface area contributed by atoms with Crippen molar-refractivity contribution < 1.29 is 60.1 Å². The van der Waals surface area contributed by atoms with Crippen molar-refractivity contribution in [1.29, 1.82) is 0 Å². The van der Waals surface area contributed by atoms with Crippen LogP contribution < -0.4 is 0 Å². The van der Waals surface area contributed by atoms with Gasteiger partial charge in [-0.1, -0.05) is 48.5 Å². The molecule has 0 aliphatic heterocycles. The van der Waals surface area contributed by atoms with Gasteiger partial charge in [0.15, 0.2) is 0 Å². The molecule has 0 unspecified atom stereocenters. The molecule has 2 aromatic rings. The van der Waals surface area contributed by atoms with E-state index in [0.717, 1.165) is 0 Å². The van der Waals surface area contributed by atoms with Gasteiger partial charge in [-0.3, -0.25) is 8.98 Å². The van der Waals surface area contributed by atoms with Gasteiger partial charge in [-0.25, -0.2) is 4.79 Å². The van der Waals surface area contributed by atoms with E-state index in [1.54, 1.807) is 48.5 Å². The largest absolute Gasteiger partial charge is 0.457 e. The first-order valence-corrected chi connectivity index (χ1v) is 15.7. The average molecular weight is 643 g/mol. The second-order valence-electron chi connectivity index (χ2n) is 8.71. The van der Waals surface area contributed by atoms with E-state index in [4.69, 9.17) is 42.1 Å². The zero-order valence-corrected chi connectivity index (χ0v) is 25.6. The van der Waals surface area contributed by atoms with Crippen LogP contribution >= 0.6 is 0 Å². The number of ether oxygens (including phenoxy) is 8. The predicted molar refractivity (Wildman–Crippen MR) is 157 cm³/mol. The standard InChI is InChI=1S/C30H42O13S/c31-29(27-7-3-1-4-8-27)30(32)42-25-23-40-21-19-38-17-15-36-13-11-35-12-14-37-16-18-39-20-22-41-24-26-43-44(33,34)28-9-5-2-6-10-28/h1-10H,11-26H2. The summed E-state index contributed by atoms with van der Waals surface area (Å²) in [4.78, 5) is 23.7. The molecule has 0 aliphatic rings. The zero-order chi connectivity index (χ0) is 31.6. The summed E-state index contributed by atoms with van der Waals surface area (Å²) in [6, 6.07) is 16.2. The summed E-state index contributed by atoms with van der Waals surface area (Å²) in [5, 5.41) is 0. The van der Waals surface area contributed by atoms with Gasteiger partial charge in [-0.2, -0.15) is 8.42 Å². The summed E-state index contributed by atoms with van der Waals surface area (Å²) in [6.45, 7) is 4.94. The summed E-state index contributed by atoms with van der Waals surface area (Å²) in [5.41, 5.74) is 0.287. The van der Waals surface area contributed by atoms with Crippen molar-refractivity contribution in [2.24, 2.45) is 0 Å². The van der Waals surface area contributed by atoms with Crippen molar-refractivity contribution in [3.8, 4) is 0 Å². The number of carbonyl (C=O) groups excluding carboxylic acids is 2. The molecule has 13 nitrogen and oxygen atoms in total. The number of carbonyl (C=O) groups is 2. The highest BCUT2D eigenvalue weighted by molar-refractivity contribution is 7.86. The molecule has 0 radical (unpaired) electrons. The highest BCUT2D eigenvalue weighted by Gasteiger charge is 2.17. The maximum atomic E-state index is 12.0. The van der Waals surface area contributed by atoms with Gasteiger partial charge < -0.3 is 37.9 Å². The van der Waals surface area contributed by atoms with Gasteiger partial charge >= 0.3 is 5.97 Å². The van der Waals surface area contributed by atoms with E-state index in [0.29, 0.717) is 79.3 Å². The van der Waals surface area contributed by atoms with Crippen LogP contribution in [0.4, 0.5) is 0 Å². The van der Waals surface area contributed by atoms with E-state index >= 15 is 0 Å². The highest BCUT2D eigenvalue weighted by atomic mass is 32.2. The molecule has 0 aromatic heterocycles. The lowest BCUT2D eigenvalue weighted by Gasteiger charge is -2.09. The topological polar surface area (TPSA) is 151 Å². The molecule has 0 heterocycles. The number of Topliss-reactive ketones (excluding diaryl/α,β-unsaturated/α-hetero) is 1. The molecule has 0 aliphatic carbocycles. The second kappa shape index (κ2) is 24.5. The monoisotopic (exact) mass is 642 g/mol. The lowest BCUT2D eigenvalue weighted by Crippen LogP contribution is -2.20. The van der Waals surface area contributed by atoms with Crippen LogP contribution in [0.25, 0.3) is 0 Å². The Kier molecular flexibility index (Phi) is 20.8. The summed E-state index contributed by atoms with van der Waals surface area (Å²) < 4.78 is 71.4. The van der Waals surface area contributed by atoms with Gasteiger partial charge in [-0.05, 0) is 12.1 Å². The van der Waals surface area contributed by atoms with Gasteiger partial charge in [0, 0.05) is 5.56 Å². The molecule has 44 heavy (non-hydrogen) atoms. The maximum absolute atomic E-state index is 12.0. The zero-order valence-electron chi connectivity index (χ0n) is 24.8. The minimum absolute atomic E-state index is 0.0136. The molecule has 0 saturated carbocycles. The van der Waals surface area contributed by atoms with Gasteiger partial charge in [0.25, 0.3) is 15.9 Å². The fraction of sp³-hybridized carbons (Fsp3) is 0.533. The van der Waals surface area contributed by atoms with E-state index < -0.39 is 21.9 Å². The van der Waals surface area contributed by atoms with Crippen molar-refractivity contribution in [2.45, 2.75) is 4.90 Å². The Hall–Kier alpha value is -2.79. The highest BCUT2D eigenvalue weighted by Crippen LogP contribution is 2.10. The third kappa shape index (κ3) is 18.1. The SMILES string of the molecule is O=C(OCCOCCOCCOCCOCCOCCOCCOCCOS(=O)(=O)c1ccccc1)C(=O)c1ccccc1. The number of hydrogen-bond donors (Lipinski definition) is 0. The van der Waals surface area contributed by atoms with Crippen molar-refractivity contribution >= 4 is 21.9 Å². The number of hydrogen-bond acceptors (Lipinski definition) is 13. The molecule has 0 fully saturated rings. The van der Waals surface area contributed by atoms with Crippen LogP contribution in [0.3, 0.4) is 0 Å². The molecule has 0 atom stereocenters. The molecular formula is C30H42O13S. The van der Waals surface area contributed by atoms with E-state index in [9.17, 15) is 18.0 Å². The number of ketones is 1. The molecule has 0 bridgehead atoms. The summed E-state index contributed by atoms with van der Waals surface area (Å²) in [5.74, 6) is -1.59. The minimum Gasteiger partial charge on any atom is -0.457 e. The lowest BCUT2D eigenvalue weighted by molar-refractivity contribution is -0.139. The Morgan fingerprint density at radius 2 is 0.795 bits per heavy atom. The molecule has 2 rings (SSSR count). The van der Waals surface area contributed by atoms with E-state index in [2.05, 4.69) is 0 Å². The van der Waals surface area contributed by atoms with Gasteiger partial charge in [0.2, 0.25) is 0 Å². The van der Waals surface area contributed by atoms with Crippen LogP contribution in [0.15, 0.2) is 65.6 Å². The van der Waals surface area contributed by atoms with Gasteiger partial charge in [-0.15, -0.1) is 0 Å². The third-order valence-electron chi connectivity index (χ3n) is 5.41. The van der Waals surface area contributed by atoms with E-state index in [1.165, 1.54) is 12.1 Å². The van der Waals surface area contributed by atoms with Gasteiger partial charge in [0.1, 0.15) is 6.61 Å². The van der Waals surface area contributed by atoms with Crippen LogP contribution in [-0.2, 0) is 57.0 Å². The Morgan fingerprint density at radius 3 is 1.20 bits per heavy atom. The van der Waals surface area contributed by atoms with Crippen LogP contribution in [0, 0.1) is 0 Å². The fourth-order valence-electron chi connectivity index (χ4n) is 3.25. The van der Waals surface area contributed by atoms with Crippen molar-refractivity contribution in [3.63, 3.8) is 0 Å². The number of benzene rings is 2. The van der Waals surface area contributed by atoms with E-state index in [-0.39, 0.29) is 36.9 Å². The fourth-order valence-corrected chi connectivity index (χ4v) is 4.16.